The van der Waals surface area contributed by atoms with Gasteiger partial charge >= 0.3 is 0 Å². The first-order valence-electron chi connectivity index (χ1n) is 14.0. The number of aryl methyl sites for hydroxylation is 1. The lowest BCUT2D eigenvalue weighted by molar-refractivity contribution is 0.0786. The molecule has 204 valence electrons. The van der Waals surface area contributed by atoms with Crippen molar-refractivity contribution in [3.63, 3.8) is 0 Å². The minimum absolute atomic E-state index is 0.0839. The molecule has 2 aliphatic heterocycles. The molecular weight excluding hydrogens is 488 g/mol. The summed E-state index contributed by atoms with van der Waals surface area (Å²) in [6, 6.07) is 16.0. The number of anilines is 1. The molecule has 3 N–H and O–H groups in total. The van der Waals surface area contributed by atoms with Gasteiger partial charge in [0.2, 0.25) is 0 Å². The third kappa shape index (κ3) is 5.21. The van der Waals surface area contributed by atoms with Crippen LogP contribution in [0.1, 0.15) is 38.7 Å². The van der Waals surface area contributed by atoms with Crippen molar-refractivity contribution in [3.8, 4) is 22.6 Å². The Morgan fingerprint density at radius 1 is 1.00 bits per heavy atom. The Balaban J connectivity index is 1.23. The van der Waals surface area contributed by atoms with Crippen LogP contribution in [0, 0.1) is 11.8 Å². The van der Waals surface area contributed by atoms with E-state index < -0.39 is 5.60 Å². The molecule has 6 rings (SSSR count). The summed E-state index contributed by atoms with van der Waals surface area (Å²) in [6.07, 6.45) is 7.60. The molecule has 4 aromatic rings. The number of H-pyrrole nitrogens is 1. The molecule has 0 atom stereocenters. The van der Waals surface area contributed by atoms with Crippen LogP contribution < -0.4 is 20.5 Å². The fraction of sp³-hybridized carbons (Fsp3) is 0.406. The van der Waals surface area contributed by atoms with Crippen molar-refractivity contribution in [1.29, 1.82) is 0 Å². The number of aliphatic hydroxyl groups is 1. The highest BCUT2D eigenvalue weighted by atomic mass is 16.5. The van der Waals surface area contributed by atoms with Gasteiger partial charge in [-0.25, -0.2) is 0 Å². The molecule has 2 aliphatic rings. The van der Waals surface area contributed by atoms with Gasteiger partial charge in [-0.2, -0.15) is 0 Å². The molecule has 7 nitrogen and oxygen atoms in total. The maximum Gasteiger partial charge on any atom is 0.274 e. The topological polar surface area (TPSA) is 82.5 Å². The summed E-state index contributed by atoms with van der Waals surface area (Å²) < 4.78 is 8.01. The normalized spacial score (nSPS) is 17.0. The van der Waals surface area contributed by atoms with Gasteiger partial charge in [-0.15, -0.1) is 0 Å². The second-order valence-corrected chi connectivity index (χ2v) is 11.8. The zero-order valence-corrected chi connectivity index (χ0v) is 23.0. The predicted octanol–water partition coefficient (Wildman–Crippen LogP) is 5.38. The zero-order valence-electron chi connectivity index (χ0n) is 23.0. The second-order valence-electron chi connectivity index (χ2n) is 11.8. The first-order chi connectivity index (χ1) is 18.8. The number of hydrogen-bond acceptors (Lipinski definition) is 5. The van der Waals surface area contributed by atoms with Crippen molar-refractivity contribution >= 4 is 16.6 Å². The van der Waals surface area contributed by atoms with Crippen LogP contribution >= 0.6 is 0 Å². The molecule has 0 saturated carbocycles. The molecule has 2 saturated heterocycles. The number of piperidine rings is 1. The number of aromatic amines is 1. The van der Waals surface area contributed by atoms with Gasteiger partial charge in [0.15, 0.2) is 0 Å². The second kappa shape index (κ2) is 10.2. The third-order valence-electron chi connectivity index (χ3n) is 8.38. The van der Waals surface area contributed by atoms with Crippen LogP contribution in [0.2, 0.25) is 0 Å². The Bertz CT molecular complexity index is 1520. The van der Waals surface area contributed by atoms with Gasteiger partial charge in [0, 0.05) is 54.7 Å². The molecule has 4 heterocycles. The first-order valence-corrected chi connectivity index (χ1v) is 14.0. The number of aromatic nitrogens is 2. The Hall–Kier alpha value is -3.55. The monoisotopic (exact) mass is 526 g/mol. The Morgan fingerprint density at radius 2 is 1.74 bits per heavy atom. The summed E-state index contributed by atoms with van der Waals surface area (Å²) in [4.78, 5) is 18.2. The van der Waals surface area contributed by atoms with E-state index in [0.29, 0.717) is 11.3 Å². The van der Waals surface area contributed by atoms with E-state index in [1.165, 1.54) is 38.0 Å². The minimum Gasteiger partial charge on any atom is -0.457 e. The van der Waals surface area contributed by atoms with Crippen molar-refractivity contribution in [2.75, 3.05) is 31.1 Å². The molecule has 0 amide bonds. The summed E-state index contributed by atoms with van der Waals surface area (Å²) in [6.45, 7) is 8.14. The fourth-order valence-corrected chi connectivity index (χ4v) is 6.06. The minimum atomic E-state index is -1.02. The number of benzene rings is 2. The number of fused-ring (bicyclic) bond motifs is 1. The van der Waals surface area contributed by atoms with Gasteiger partial charge in [-0.1, -0.05) is 6.07 Å². The first kappa shape index (κ1) is 25.7. The van der Waals surface area contributed by atoms with Crippen LogP contribution in [0.25, 0.3) is 22.0 Å². The lowest BCUT2D eigenvalue weighted by Gasteiger charge is -2.43. The van der Waals surface area contributed by atoms with Crippen LogP contribution in [0.5, 0.6) is 11.5 Å². The van der Waals surface area contributed by atoms with Gasteiger partial charge in [-0.05, 0) is 106 Å². The molecule has 0 unspecified atom stereocenters. The van der Waals surface area contributed by atoms with E-state index in [0.717, 1.165) is 52.8 Å². The molecule has 2 fully saturated rings. The van der Waals surface area contributed by atoms with E-state index >= 15 is 0 Å². The number of ether oxygens (including phenoxy) is 1. The van der Waals surface area contributed by atoms with Gasteiger partial charge in [0.05, 0.1) is 5.60 Å². The summed E-state index contributed by atoms with van der Waals surface area (Å²) >= 11 is 0. The summed E-state index contributed by atoms with van der Waals surface area (Å²) in [5, 5.41) is 15.0. The Labute approximate surface area is 229 Å². The number of rotatable bonds is 7. The SMILES string of the molecule is Cn1cc(-c2cc(C(C)(C)O)ccc2Oc2ccc(N3CC(CC4CCNCC4)C3)cc2)c2cc[nH]c2c1=O. The number of nitrogens with one attached hydrogen (secondary N) is 2. The molecular formula is C32H38N4O3. The van der Waals surface area contributed by atoms with Crippen molar-refractivity contribution in [2.24, 2.45) is 18.9 Å². The smallest absolute Gasteiger partial charge is 0.274 e. The lowest BCUT2D eigenvalue weighted by Crippen LogP contribution is -2.48. The van der Waals surface area contributed by atoms with Crippen LogP contribution in [-0.2, 0) is 12.6 Å². The van der Waals surface area contributed by atoms with Crippen LogP contribution in [0.15, 0.2) is 65.7 Å². The Kier molecular flexibility index (Phi) is 6.73. The van der Waals surface area contributed by atoms with E-state index in [1.807, 2.05) is 42.6 Å². The highest BCUT2D eigenvalue weighted by Gasteiger charge is 2.30. The molecule has 7 heteroatoms. The molecule has 2 aromatic carbocycles. The van der Waals surface area contributed by atoms with Crippen molar-refractivity contribution in [1.82, 2.24) is 14.9 Å². The lowest BCUT2D eigenvalue weighted by atomic mass is 9.84. The molecule has 0 bridgehead atoms. The third-order valence-corrected chi connectivity index (χ3v) is 8.38. The fourth-order valence-electron chi connectivity index (χ4n) is 6.06. The van der Waals surface area contributed by atoms with Crippen molar-refractivity contribution in [3.05, 3.63) is 76.8 Å². The van der Waals surface area contributed by atoms with Crippen LogP contribution in [0.3, 0.4) is 0 Å². The van der Waals surface area contributed by atoms with E-state index in [1.54, 1.807) is 31.7 Å². The zero-order chi connectivity index (χ0) is 27.1. The van der Waals surface area contributed by atoms with Crippen LogP contribution in [0.4, 0.5) is 5.69 Å². The average molecular weight is 527 g/mol. The van der Waals surface area contributed by atoms with E-state index in [2.05, 4.69) is 27.3 Å². The van der Waals surface area contributed by atoms with Crippen LogP contribution in [-0.4, -0.2) is 40.8 Å². The maximum atomic E-state index is 12.7. The Morgan fingerprint density at radius 3 is 2.46 bits per heavy atom. The number of pyridine rings is 1. The number of nitrogens with zero attached hydrogens (tertiary/aromatic N) is 2. The quantitative estimate of drug-likeness (QED) is 0.301. The van der Waals surface area contributed by atoms with E-state index in [-0.39, 0.29) is 5.56 Å². The molecule has 0 aliphatic carbocycles. The largest absolute Gasteiger partial charge is 0.457 e. The van der Waals surface area contributed by atoms with Gasteiger partial charge in [-0.3, -0.25) is 4.79 Å². The summed E-state index contributed by atoms with van der Waals surface area (Å²) in [7, 11) is 1.75. The highest BCUT2D eigenvalue weighted by Crippen LogP contribution is 2.40. The summed E-state index contributed by atoms with van der Waals surface area (Å²) in [5.74, 6) is 3.10. The molecule has 39 heavy (non-hydrogen) atoms. The van der Waals surface area contributed by atoms with Crippen molar-refractivity contribution in [2.45, 2.75) is 38.7 Å². The molecule has 2 aromatic heterocycles. The van der Waals surface area contributed by atoms with E-state index in [4.69, 9.17) is 4.74 Å². The van der Waals surface area contributed by atoms with Gasteiger partial charge in [0.1, 0.15) is 17.0 Å². The van der Waals surface area contributed by atoms with E-state index in [9.17, 15) is 9.90 Å². The number of hydrogen-bond donors (Lipinski definition) is 3. The predicted molar refractivity (Wildman–Crippen MR) is 157 cm³/mol. The highest BCUT2D eigenvalue weighted by molar-refractivity contribution is 5.96. The van der Waals surface area contributed by atoms with Gasteiger partial charge < -0.3 is 29.6 Å². The molecule has 0 radical (unpaired) electrons. The average Bonchev–Trinajstić information content (AvgIpc) is 3.40. The maximum absolute atomic E-state index is 12.7. The molecule has 0 spiro atoms. The van der Waals surface area contributed by atoms with Gasteiger partial charge in [0.25, 0.3) is 5.56 Å². The standard InChI is InChI=1S/C32H38N4O3/c1-32(2,38)23-4-9-29(27(17-23)28-20-35(3)31(37)30-26(28)12-15-34-30)39-25-7-5-24(6-8-25)36-18-22(19-36)16-21-10-13-33-14-11-21/h4-9,12,15,17,20-22,33-34,38H,10-11,13-14,16,18-19H2,1-3H3. The van der Waals surface area contributed by atoms with Crippen molar-refractivity contribution < 1.29 is 9.84 Å². The summed E-state index contributed by atoms with van der Waals surface area (Å²) in [5.41, 5.74) is 3.14.